The number of aliphatic hydroxyl groups excluding tert-OH is 1. The Morgan fingerprint density at radius 1 is 1.44 bits per heavy atom. The van der Waals surface area contributed by atoms with E-state index in [0.717, 1.165) is 19.3 Å². The van der Waals surface area contributed by atoms with Gasteiger partial charge in [-0.2, -0.15) is 0 Å². The monoisotopic (exact) mass is 251 g/mol. The number of aliphatic hydroxyl groups is 1. The molecule has 1 aliphatic rings. The van der Waals surface area contributed by atoms with Crippen molar-refractivity contribution in [3.63, 3.8) is 0 Å². The highest BCUT2D eigenvalue weighted by Gasteiger charge is 2.29. The molecule has 5 heteroatoms. The molecule has 1 aromatic heterocycles. The van der Waals surface area contributed by atoms with Crippen molar-refractivity contribution < 1.29 is 14.3 Å². The molecule has 0 saturated heterocycles. The fourth-order valence-electron chi connectivity index (χ4n) is 2.03. The number of nitrogens with zero attached hydrogens (tertiary/aromatic N) is 1. The van der Waals surface area contributed by atoms with E-state index in [1.807, 2.05) is 0 Å². The molecule has 98 valence electrons. The van der Waals surface area contributed by atoms with E-state index in [-0.39, 0.29) is 18.6 Å². The van der Waals surface area contributed by atoms with Crippen LogP contribution in [0.2, 0.25) is 0 Å². The predicted octanol–water partition coefficient (Wildman–Crippen LogP) is 1.02. The summed E-state index contributed by atoms with van der Waals surface area (Å²) >= 11 is 0. The Kier molecular flexibility index (Phi) is 4.15. The molecule has 5 nitrogen and oxygen atoms in total. The summed E-state index contributed by atoms with van der Waals surface area (Å²) in [6.07, 6.45) is 4.92. The Bertz CT molecular complexity index is 444. The van der Waals surface area contributed by atoms with Crippen LogP contribution in [0.1, 0.15) is 36.0 Å². The first kappa shape index (κ1) is 12.8. The highest BCUT2D eigenvalue weighted by Crippen LogP contribution is 2.26. The minimum atomic E-state index is -0.461. The summed E-state index contributed by atoms with van der Waals surface area (Å²) in [5.41, 5.74) is -0.0726. The molecular formula is C13H17NO4. The molecule has 0 aromatic carbocycles. The Balaban J connectivity index is 2.11. The maximum absolute atomic E-state index is 12.3. The fourth-order valence-corrected chi connectivity index (χ4v) is 2.03. The molecule has 2 rings (SSSR count). The van der Waals surface area contributed by atoms with Crippen LogP contribution in [0.15, 0.2) is 27.6 Å². The first-order valence-electron chi connectivity index (χ1n) is 6.23. The van der Waals surface area contributed by atoms with E-state index in [1.54, 1.807) is 4.90 Å². The summed E-state index contributed by atoms with van der Waals surface area (Å²) in [5, 5.41) is 8.88. The quantitative estimate of drug-likeness (QED) is 0.848. The summed E-state index contributed by atoms with van der Waals surface area (Å²) in [6, 6.07) is 2.99. The van der Waals surface area contributed by atoms with Gasteiger partial charge in [0.05, 0.1) is 5.56 Å². The number of carbonyl (C=O) groups excluding carboxylic acids is 1. The number of hydrogen-bond acceptors (Lipinski definition) is 4. The average molecular weight is 251 g/mol. The zero-order valence-corrected chi connectivity index (χ0v) is 10.2. The zero-order chi connectivity index (χ0) is 13.0. The van der Waals surface area contributed by atoms with Crippen molar-refractivity contribution in [1.29, 1.82) is 0 Å². The van der Waals surface area contributed by atoms with E-state index in [2.05, 4.69) is 0 Å². The van der Waals surface area contributed by atoms with Crippen molar-refractivity contribution in [2.45, 2.75) is 31.7 Å². The topological polar surface area (TPSA) is 70.8 Å². The van der Waals surface area contributed by atoms with Gasteiger partial charge in [-0.05, 0) is 31.7 Å². The van der Waals surface area contributed by atoms with Crippen LogP contribution in [0, 0.1) is 0 Å². The maximum atomic E-state index is 12.3. The van der Waals surface area contributed by atoms with E-state index < -0.39 is 5.63 Å². The number of amides is 1. The van der Waals surface area contributed by atoms with Gasteiger partial charge < -0.3 is 14.4 Å². The van der Waals surface area contributed by atoms with Crippen molar-refractivity contribution in [1.82, 2.24) is 4.90 Å². The van der Waals surface area contributed by atoms with Gasteiger partial charge in [0.25, 0.3) is 5.91 Å². The zero-order valence-electron chi connectivity index (χ0n) is 10.2. The highest BCUT2D eigenvalue weighted by atomic mass is 16.4. The SMILES string of the molecule is O=C(c1ccc(=O)oc1)N(CCCO)C1CCC1. The Morgan fingerprint density at radius 3 is 2.72 bits per heavy atom. The third kappa shape index (κ3) is 2.79. The lowest BCUT2D eigenvalue weighted by Gasteiger charge is -2.37. The molecule has 1 fully saturated rings. The largest absolute Gasteiger partial charge is 0.430 e. The average Bonchev–Trinajstić information content (AvgIpc) is 2.32. The fraction of sp³-hybridized carbons (Fsp3) is 0.538. The molecule has 0 atom stereocenters. The summed E-state index contributed by atoms with van der Waals surface area (Å²) in [6.45, 7) is 0.611. The molecule has 0 bridgehead atoms. The lowest BCUT2D eigenvalue weighted by molar-refractivity contribution is 0.0560. The van der Waals surface area contributed by atoms with Crippen LogP contribution in [-0.4, -0.2) is 35.1 Å². The maximum Gasteiger partial charge on any atom is 0.335 e. The molecule has 1 saturated carbocycles. The van der Waals surface area contributed by atoms with E-state index in [4.69, 9.17) is 9.52 Å². The molecule has 18 heavy (non-hydrogen) atoms. The second-order valence-electron chi connectivity index (χ2n) is 4.50. The summed E-state index contributed by atoms with van der Waals surface area (Å²) in [5.74, 6) is -0.128. The van der Waals surface area contributed by atoms with Crippen LogP contribution in [0.5, 0.6) is 0 Å². The molecule has 1 aliphatic carbocycles. The summed E-state index contributed by atoms with van der Waals surface area (Å²) in [4.78, 5) is 24.9. The van der Waals surface area contributed by atoms with E-state index >= 15 is 0 Å². The summed E-state index contributed by atoms with van der Waals surface area (Å²) in [7, 11) is 0. The third-order valence-corrected chi connectivity index (χ3v) is 3.28. The van der Waals surface area contributed by atoms with Crippen LogP contribution in [0.3, 0.4) is 0 Å². The Labute approximate surface area is 105 Å². The molecule has 0 unspecified atom stereocenters. The van der Waals surface area contributed by atoms with Crippen LogP contribution < -0.4 is 5.63 Å². The van der Waals surface area contributed by atoms with E-state index in [0.29, 0.717) is 18.5 Å². The lowest BCUT2D eigenvalue weighted by Crippen LogP contribution is -2.45. The molecule has 0 spiro atoms. The van der Waals surface area contributed by atoms with Gasteiger partial charge in [-0.15, -0.1) is 0 Å². The lowest BCUT2D eigenvalue weighted by atomic mass is 9.91. The molecular weight excluding hydrogens is 234 g/mol. The van der Waals surface area contributed by atoms with Gasteiger partial charge in [-0.25, -0.2) is 4.79 Å². The number of carbonyl (C=O) groups is 1. The molecule has 1 N–H and O–H groups in total. The van der Waals surface area contributed by atoms with Gasteiger partial charge in [0.1, 0.15) is 6.26 Å². The molecule has 1 aromatic rings. The second-order valence-corrected chi connectivity index (χ2v) is 4.50. The van der Waals surface area contributed by atoms with Gasteiger partial charge >= 0.3 is 5.63 Å². The Morgan fingerprint density at radius 2 is 2.22 bits per heavy atom. The first-order valence-corrected chi connectivity index (χ1v) is 6.23. The molecule has 0 radical (unpaired) electrons. The Hall–Kier alpha value is -1.62. The van der Waals surface area contributed by atoms with Gasteiger partial charge in [0, 0.05) is 25.3 Å². The van der Waals surface area contributed by atoms with Crippen molar-refractivity contribution in [3.8, 4) is 0 Å². The molecule has 0 aliphatic heterocycles. The van der Waals surface area contributed by atoms with Crippen molar-refractivity contribution in [2.75, 3.05) is 13.2 Å². The minimum absolute atomic E-state index is 0.0698. The first-order chi connectivity index (χ1) is 8.72. The number of hydrogen-bond donors (Lipinski definition) is 1. The van der Waals surface area contributed by atoms with Crippen molar-refractivity contribution in [3.05, 3.63) is 34.4 Å². The second kappa shape index (κ2) is 5.82. The van der Waals surface area contributed by atoms with E-state index in [9.17, 15) is 9.59 Å². The van der Waals surface area contributed by atoms with Gasteiger partial charge in [0.15, 0.2) is 0 Å². The number of rotatable bonds is 5. The molecule has 1 amide bonds. The highest BCUT2D eigenvalue weighted by molar-refractivity contribution is 5.94. The summed E-state index contributed by atoms with van der Waals surface area (Å²) < 4.78 is 4.71. The van der Waals surface area contributed by atoms with Crippen LogP contribution >= 0.6 is 0 Å². The van der Waals surface area contributed by atoms with Crippen LogP contribution in [-0.2, 0) is 0 Å². The van der Waals surface area contributed by atoms with Gasteiger partial charge in [-0.3, -0.25) is 4.79 Å². The standard InChI is InChI=1S/C13H17NO4/c15-8-2-7-14(11-3-1-4-11)13(17)10-5-6-12(16)18-9-10/h5-6,9,11,15H,1-4,7-8H2. The van der Waals surface area contributed by atoms with Crippen LogP contribution in [0.25, 0.3) is 0 Å². The third-order valence-electron chi connectivity index (χ3n) is 3.28. The van der Waals surface area contributed by atoms with Crippen LogP contribution in [0.4, 0.5) is 0 Å². The molecule has 1 heterocycles. The predicted molar refractivity (Wildman–Crippen MR) is 65.4 cm³/mol. The normalized spacial score (nSPS) is 15.2. The van der Waals surface area contributed by atoms with Crippen molar-refractivity contribution >= 4 is 5.91 Å². The van der Waals surface area contributed by atoms with E-state index in [1.165, 1.54) is 18.4 Å². The minimum Gasteiger partial charge on any atom is -0.430 e. The smallest absolute Gasteiger partial charge is 0.335 e. The van der Waals surface area contributed by atoms with Crippen molar-refractivity contribution in [2.24, 2.45) is 0 Å². The van der Waals surface area contributed by atoms with Gasteiger partial charge in [0.2, 0.25) is 0 Å². The van der Waals surface area contributed by atoms with Gasteiger partial charge in [-0.1, -0.05) is 0 Å².